The summed E-state index contributed by atoms with van der Waals surface area (Å²) in [7, 11) is 0. The maximum atomic E-state index is 12.4. The minimum atomic E-state index is 0.00866. The Morgan fingerprint density at radius 3 is 2.61 bits per heavy atom. The van der Waals surface area contributed by atoms with E-state index in [4.69, 9.17) is 0 Å². The highest BCUT2D eigenvalue weighted by molar-refractivity contribution is 5.92. The van der Waals surface area contributed by atoms with Crippen molar-refractivity contribution in [3.63, 3.8) is 0 Å². The summed E-state index contributed by atoms with van der Waals surface area (Å²) >= 11 is 0. The molecule has 0 spiro atoms. The number of unbranched alkanes of at least 4 members (excludes halogenated alkanes) is 2. The van der Waals surface area contributed by atoms with E-state index < -0.39 is 0 Å². The predicted octanol–water partition coefficient (Wildman–Crippen LogP) is 4.28. The van der Waals surface area contributed by atoms with Gasteiger partial charge in [-0.25, -0.2) is 14.8 Å². The fraction of sp³-hybridized carbons (Fsp3) is 0.375. The van der Waals surface area contributed by atoms with Gasteiger partial charge in [0.2, 0.25) is 11.6 Å². The van der Waals surface area contributed by atoms with E-state index in [2.05, 4.69) is 66.9 Å². The number of nitrogens with one attached hydrogen (secondary N) is 1. The van der Waals surface area contributed by atoms with Gasteiger partial charge in [-0.05, 0) is 40.5 Å². The van der Waals surface area contributed by atoms with Gasteiger partial charge in [-0.3, -0.25) is 9.78 Å². The fourth-order valence-corrected chi connectivity index (χ4v) is 3.74. The number of aromatic amines is 1. The number of Topliss-reactive ketones (excluding diaryl/α,β-unsaturated/α-hetero) is 1. The molecule has 3 aromatic heterocycles. The molecule has 0 aliphatic rings. The number of hydrogen-bond donors (Lipinski definition) is 1. The average Bonchev–Trinajstić information content (AvgIpc) is 3.51. The van der Waals surface area contributed by atoms with Crippen molar-refractivity contribution in [1.82, 2.24) is 40.4 Å². The molecule has 0 saturated carbocycles. The molecule has 33 heavy (non-hydrogen) atoms. The lowest BCUT2D eigenvalue weighted by Crippen LogP contribution is -2.07. The third-order valence-corrected chi connectivity index (χ3v) is 5.50. The molecule has 0 atom stereocenters. The van der Waals surface area contributed by atoms with E-state index in [0.29, 0.717) is 24.5 Å². The lowest BCUT2D eigenvalue weighted by atomic mass is 9.99. The number of nitrogens with zero attached hydrogens (tertiary/aromatic N) is 7. The number of rotatable bonds is 11. The zero-order valence-corrected chi connectivity index (χ0v) is 19.0. The first-order valence-corrected chi connectivity index (χ1v) is 11.4. The summed E-state index contributed by atoms with van der Waals surface area (Å²) in [6, 6.07) is 10.1. The number of aromatic nitrogens is 8. The molecule has 0 radical (unpaired) electrons. The van der Waals surface area contributed by atoms with Crippen LogP contribution in [-0.4, -0.2) is 46.2 Å². The van der Waals surface area contributed by atoms with Crippen LogP contribution in [0, 0.1) is 0 Å². The SMILES string of the molecule is CCCCCn1nc(C(=O)CCC)nc1Cc1ccc(-c2cnccc2-c2nnn[nH]2)cc1. The highest BCUT2D eigenvalue weighted by Crippen LogP contribution is 2.29. The standard InChI is InChI=1S/C24H28N8O/c1-3-5-6-14-32-22(26-24(29-32)21(33)7-4-2)15-17-8-10-18(11-9-17)20-16-25-13-12-19(20)23-27-30-31-28-23/h8-13,16H,3-7,14-15H2,1-2H3,(H,27,28,30,31). The Morgan fingerprint density at radius 1 is 1.03 bits per heavy atom. The number of H-pyrrole nitrogens is 1. The molecule has 9 nitrogen and oxygen atoms in total. The third-order valence-electron chi connectivity index (χ3n) is 5.50. The summed E-state index contributed by atoms with van der Waals surface area (Å²) < 4.78 is 1.91. The molecule has 170 valence electrons. The summed E-state index contributed by atoms with van der Waals surface area (Å²) in [5.41, 5.74) is 3.95. The van der Waals surface area contributed by atoms with Crippen LogP contribution in [0.3, 0.4) is 0 Å². The molecule has 0 saturated heterocycles. The van der Waals surface area contributed by atoms with Gasteiger partial charge < -0.3 is 0 Å². The van der Waals surface area contributed by atoms with Gasteiger partial charge >= 0.3 is 0 Å². The van der Waals surface area contributed by atoms with E-state index in [1.165, 1.54) is 0 Å². The molecular weight excluding hydrogens is 416 g/mol. The van der Waals surface area contributed by atoms with E-state index in [9.17, 15) is 4.79 Å². The lowest BCUT2D eigenvalue weighted by Gasteiger charge is -2.08. The van der Waals surface area contributed by atoms with Crippen molar-refractivity contribution in [2.24, 2.45) is 0 Å². The number of hydrogen-bond acceptors (Lipinski definition) is 7. The summed E-state index contributed by atoms with van der Waals surface area (Å²) in [6.45, 7) is 4.94. The van der Waals surface area contributed by atoms with Crippen LogP contribution >= 0.6 is 0 Å². The van der Waals surface area contributed by atoms with Gasteiger partial charge in [-0.15, -0.1) is 10.2 Å². The Balaban J connectivity index is 1.56. The number of benzene rings is 1. The number of tetrazole rings is 1. The van der Waals surface area contributed by atoms with Crippen LogP contribution in [0.5, 0.6) is 0 Å². The molecule has 0 bridgehead atoms. The third kappa shape index (κ3) is 5.36. The van der Waals surface area contributed by atoms with Crippen LogP contribution in [0.2, 0.25) is 0 Å². The Morgan fingerprint density at radius 2 is 1.88 bits per heavy atom. The maximum Gasteiger partial charge on any atom is 0.217 e. The van der Waals surface area contributed by atoms with Gasteiger partial charge in [0.25, 0.3) is 0 Å². The van der Waals surface area contributed by atoms with Gasteiger partial charge in [-0.2, -0.15) is 0 Å². The summed E-state index contributed by atoms with van der Waals surface area (Å²) in [5.74, 6) is 1.77. The van der Waals surface area contributed by atoms with Gasteiger partial charge in [0.15, 0.2) is 5.82 Å². The minimum absolute atomic E-state index is 0.00866. The second kappa shape index (κ2) is 10.7. The van der Waals surface area contributed by atoms with E-state index in [1.54, 1.807) is 6.20 Å². The Hall–Kier alpha value is -3.75. The topological polar surface area (TPSA) is 115 Å². The smallest absolute Gasteiger partial charge is 0.217 e. The van der Waals surface area contributed by atoms with E-state index >= 15 is 0 Å². The normalized spacial score (nSPS) is 11.1. The van der Waals surface area contributed by atoms with Crippen molar-refractivity contribution < 1.29 is 4.79 Å². The van der Waals surface area contributed by atoms with Crippen molar-refractivity contribution in [2.75, 3.05) is 0 Å². The molecule has 0 amide bonds. The second-order valence-corrected chi connectivity index (χ2v) is 8.00. The second-order valence-electron chi connectivity index (χ2n) is 8.00. The monoisotopic (exact) mass is 444 g/mol. The van der Waals surface area contributed by atoms with Crippen molar-refractivity contribution in [3.8, 4) is 22.5 Å². The first kappa shape index (κ1) is 22.4. The van der Waals surface area contributed by atoms with Crippen molar-refractivity contribution >= 4 is 5.78 Å². The largest absolute Gasteiger partial charge is 0.291 e. The predicted molar refractivity (Wildman–Crippen MR) is 124 cm³/mol. The maximum absolute atomic E-state index is 12.4. The van der Waals surface area contributed by atoms with Crippen LogP contribution in [-0.2, 0) is 13.0 Å². The van der Waals surface area contributed by atoms with Crippen LogP contribution in [0.25, 0.3) is 22.5 Å². The Bertz CT molecular complexity index is 1180. The minimum Gasteiger partial charge on any atom is -0.291 e. The molecule has 3 heterocycles. The molecule has 0 aliphatic carbocycles. The fourth-order valence-electron chi connectivity index (χ4n) is 3.74. The Labute approximate surface area is 192 Å². The van der Waals surface area contributed by atoms with Crippen LogP contribution in [0.1, 0.15) is 68.0 Å². The average molecular weight is 445 g/mol. The molecule has 0 unspecified atom stereocenters. The zero-order valence-electron chi connectivity index (χ0n) is 19.0. The van der Waals surface area contributed by atoms with Crippen molar-refractivity contribution in [2.45, 2.75) is 58.9 Å². The van der Waals surface area contributed by atoms with E-state index in [1.807, 2.05) is 23.9 Å². The van der Waals surface area contributed by atoms with Crippen LogP contribution < -0.4 is 0 Å². The van der Waals surface area contributed by atoms with E-state index in [0.717, 1.165) is 60.3 Å². The number of aryl methyl sites for hydroxylation is 1. The summed E-state index contributed by atoms with van der Waals surface area (Å²) in [6.07, 6.45) is 8.69. The highest BCUT2D eigenvalue weighted by atomic mass is 16.1. The molecule has 4 rings (SSSR count). The van der Waals surface area contributed by atoms with Crippen LogP contribution in [0.4, 0.5) is 0 Å². The lowest BCUT2D eigenvalue weighted by molar-refractivity contribution is 0.0971. The van der Waals surface area contributed by atoms with Gasteiger partial charge in [0.1, 0.15) is 5.82 Å². The van der Waals surface area contributed by atoms with E-state index in [-0.39, 0.29) is 5.78 Å². The van der Waals surface area contributed by atoms with Crippen molar-refractivity contribution in [3.05, 3.63) is 59.9 Å². The number of pyridine rings is 1. The Kier molecular flexibility index (Phi) is 7.29. The molecular formula is C24H28N8O. The molecule has 4 aromatic rings. The molecule has 1 N–H and O–H groups in total. The zero-order chi connectivity index (χ0) is 23.0. The molecule has 1 aromatic carbocycles. The van der Waals surface area contributed by atoms with Crippen LogP contribution in [0.15, 0.2) is 42.7 Å². The highest BCUT2D eigenvalue weighted by Gasteiger charge is 2.16. The summed E-state index contributed by atoms with van der Waals surface area (Å²) in [5, 5.41) is 18.7. The quantitative estimate of drug-likeness (QED) is 0.271. The molecule has 0 fully saturated rings. The van der Waals surface area contributed by atoms with Gasteiger partial charge in [0, 0.05) is 42.9 Å². The number of carbonyl (C=O) groups excluding carboxylic acids is 1. The molecule has 0 aliphatic heterocycles. The van der Waals surface area contributed by atoms with Gasteiger partial charge in [0.05, 0.1) is 0 Å². The first-order valence-electron chi connectivity index (χ1n) is 11.4. The number of ketones is 1. The van der Waals surface area contributed by atoms with Gasteiger partial charge in [-0.1, -0.05) is 51.0 Å². The first-order chi connectivity index (χ1) is 16.2. The summed E-state index contributed by atoms with van der Waals surface area (Å²) in [4.78, 5) is 21.2. The number of carbonyl (C=O) groups is 1. The molecule has 9 heteroatoms. The van der Waals surface area contributed by atoms with Crippen molar-refractivity contribution in [1.29, 1.82) is 0 Å².